The highest BCUT2D eigenvalue weighted by atomic mass is 16.5. The molecule has 0 saturated carbocycles. The summed E-state index contributed by atoms with van der Waals surface area (Å²) in [7, 11) is 0. The molecule has 34 heavy (non-hydrogen) atoms. The van der Waals surface area contributed by atoms with Crippen molar-refractivity contribution in [2.24, 2.45) is 0 Å². The molecule has 4 aromatic carbocycles. The van der Waals surface area contributed by atoms with Gasteiger partial charge in [-0.05, 0) is 87.6 Å². The maximum Gasteiger partial charge on any atom is 0.135 e. The van der Waals surface area contributed by atoms with Gasteiger partial charge in [-0.25, -0.2) is 0 Å². The zero-order valence-electron chi connectivity index (χ0n) is 21.0. The SMILES string of the molecule is Cc1cc2c(c3ccccc13)OC(C)(C)C(C1CC(C)(C)Oc3c1cc(C)c1ccccc31)=C2. The van der Waals surface area contributed by atoms with Crippen LogP contribution >= 0.6 is 0 Å². The standard InChI is InChI=1S/C32H32O2/c1-19-15-21-17-28(32(5,6)34-29(21)24-13-9-7-11-22(19)24)27-18-31(3,4)33-30-25-14-10-8-12-23(25)20(2)16-26(27)30/h7-17,27H,18H2,1-6H3. The highest BCUT2D eigenvalue weighted by Gasteiger charge is 2.43. The van der Waals surface area contributed by atoms with Crippen LogP contribution in [0.15, 0.2) is 66.2 Å². The van der Waals surface area contributed by atoms with Crippen LogP contribution in [0.4, 0.5) is 0 Å². The number of fused-ring (bicyclic) bond motifs is 6. The molecule has 2 heteroatoms. The Morgan fingerprint density at radius 3 is 1.91 bits per heavy atom. The summed E-state index contributed by atoms with van der Waals surface area (Å²) in [6.45, 7) is 13.2. The van der Waals surface area contributed by atoms with Gasteiger partial charge >= 0.3 is 0 Å². The molecule has 0 N–H and O–H groups in total. The van der Waals surface area contributed by atoms with Crippen LogP contribution in [0.2, 0.25) is 0 Å². The Bertz CT molecular complexity index is 1500. The van der Waals surface area contributed by atoms with E-state index < -0.39 is 5.60 Å². The van der Waals surface area contributed by atoms with E-state index in [1.165, 1.54) is 49.4 Å². The first-order chi connectivity index (χ1) is 16.1. The number of rotatable bonds is 1. The third-order valence-electron chi connectivity index (χ3n) is 7.65. The molecule has 2 aliphatic rings. The van der Waals surface area contributed by atoms with Crippen LogP contribution in [-0.2, 0) is 0 Å². The maximum absolute atomic E-state index is 6.85. The Hall–Kier alpha value is -3.26. The van der Waals surface area contributed by atoms with Crippen molar-refractivity contribution in [1.29, 1.82) is 0 Å². The predicted molar refractivity (Wildman–Crippen MR) is 142 cm³/mol. The molecule has 0 saturated heterocycles. The van der Waals surface area contributed by atoms with Gasteiger partial charge in [-0.15, -0.1) is 0 Å². The molecule has 0 spiro atoms. The van der Waals surface area contributed by atoms with E-state index in [0.29, 0.717) is 0 Å². The van der Waals surface area contributed by atoms with Crippen LogP contribution in [0.25, 0.3) is 27.6 Å². The topological polar surface area (TPSA) is 18.5 Å². The van der Waals surface area contributed by atoms with Crippen LogP contribution in [0, 0.1) is 13.8 Å². The summed E-state index contributed by atoms with van der Waals surface area (Å²) in [6.07, 6.45) is 3.32. The molecule has 0 amide bonds. The van der Waals surface area contributed by atoms with Crippen molar-refractivity contribution < 1.29 is 9.47 Å². The third kappa shape index (κ3) is 3.15. The molecule has 0 aliphatic carbocycles. The second kappa shape index (κ2) is 7.12. The van der Waals surface area contributed by atoms with E-state index >= 15 is 0 Å². The second-order valence-corrected chi connectivity index (χ2v) is 11.1. The lowest BCUT2D eigenvalue weighted by Crippen LogP contribution is -2.41. The van der Waals surface area contributed by atoms with Crippen molar-refractivity contribution in [2.75, 3.05) is 0 Å². The normalized spacial score (nSPS) is 20.2. The first kappa shape index (κ1) is 21.3. The molecule has 2 nitrogen and oxygen atoms in total. The monoisotopic (exact) mass is 448 g/mol. The molecule has 0 bridgehead atoms. The average molecular weight is 449 g/mol. The van der Waals surface area contributed by atoms with E-state index in [2.05, 4.69) is 108 Å². The van der Waals surface area contributed by atoms with Gasteiger partial charge in [0, 0.05) is 27.8 Å². The summed E-state index contributed by atoms with van der Waals surface area (Å²) in [5, 5.41) is 4.91. The van der Waals surface area contributed by atoms with Crippen molar-refractivity contribution >= 4 is 27.6 Å². The molecular weight excluding hydrogens is 416 g/mol. The maximum atomic E-state index is 6.85. The molecule has 172 valence electrons. The summed E-state index contributed by atoms with van der Waals surface area (Å²) >= 11 is 0. The van der Waals surface area contributed by atoms with Gasteiger partial charge < -0.3 is 9.47 Å². The number of aryl methyl sites for hydroxylation is 2. The van der Waals surface area contributed by atoms with Crippen LogP contribution in [0.3, 0.4) is 0 Å². The lowest BCUT2D eigenvalue weighted by atomic mass is 9.72. The van der Waals surface area contributed by atoms with Gasteiger partial charge in [0.1, 0.15) is 22.7 Å². The summed E-state index contributed by atoms with van der Waals surface area (Å²) in [4.78, 5) is 0. The highest BCUT2D eigenvalue weighted by molar-refractivity contribution is 5.96. The van der Waals surface area contributed by atoms with E-state index in [1.807, 2.05) is 0 Å². The number of hydrogen-bond donors (Lipinski definition) is 0. The quantitative estimate of drug-likeness (QED) is 0.290. The molecule has 2 heterocycles. The van der Waals surface area contributed by atoms with E-state index in [9.17, 15) is 0 Å². The van der Waals surface area contributed by atoms with Gasteiger partial charge in [-0.1, -0.05) is 54.6 Å². The molecule has 0 aromatic heterocycles. The van der Waals surface area contributed by atoms with Gasteiger partial charge in [-0.2, -0.15) is 0 Å². The molecule has 2 aliphatic heterocycles. The smallest absolute Gasteiger partial charge is 0.135 e. The van der Waals surface area contributed by atoms with Gasteiger partial charge in [0.15, 0.2) is 0 Å². The Morgan fingerprint density at radius 1 is 0.706 bits per heavy atom. The fraction of sp³-hybridized carbons (Fsp3) is 0.312. The molecule has 0 radical (unpaired) electrons. The minimum Gasteiger partial charge on any atom is -0.487 e. The van der Waals surface area contributed by atoms with Crippen molar-refractivity contribution in [2.45, 2.75) is 65.1 Å². The van der Waals surface area contributed by atoms with Crippen LogP contribution in [0.5, 0.6) is 11.5 Å². The molecule has 6 rings (SSSR count). The van der Waals surface area contributed by atoms with Crippen LogP contribution < -0.4 is 9.47 Å². The molecular formula is C32H32O2. The minimum atomic E-state index is -0.431. The zero-order chi connectivity index (χ0) is 23.8. The second-order valence-electron chi connectivity index (χ2n) is 11.1. The zero-order valence-corrected chi connectivity index (χ0v) is 21.0. The average Bonchev–Trinajstić information content (AvgIpc) is 2.79. The molecule has 1 atom stereocenters. The van der Waals surface area contributed by atoms with Crippen molar-refractivity contribution in [3.05, 3.63) is 88.5 Å². The number of benzene rings is 4. The largest absolute Gasteiger partial charge is 0.487 e. The number of ether oxygens (including phenoxy) is 2. The molecule has 4 aromatic rings. The highest BCUT2D eigenvalue weighted by Crippen LogP contribution is 2.53. The van der Waals surface area contributed by atoms with E-state index in [1.54, 1.807) is 0 Å². The van der Waals surface area contributed by atoms with Crippen LogP contribution in [0.1, 0.15) is 62.3 Å². The third-order valence-corrected chi connectivity index (χ3v) is 7.65. The lowest BCUT2D eigenvalue weighted by Gasteiger charge is -2.44. The molecule has 0 fully saturated rings. The van der Waals surface area contributed by atoms with Crippen molar-refractivity contribution in [1.82, 2.24) is 0 Å². The first-order valence-electron chi connectivity index (χ1n) is 12.3. The van der Waals surface area contributed by atoms with Gasteiger partial charge in [0.25, 0.3) is 0 Å². The van der Waals surface area contributed by atoms with Gasteiger partial charge in [-0.3, -0.25) is 0 Å². The Labute approximate surface area is 202 Å². The first-order valence-corrected chi connectivity index (χ1v) is 12.3. The summed E-state index contributed by atoms with van der Waals surface area (Å²) in [6, 6.07) is 21.8. The molecule has 1 unspecified atom stereocenters. The Morgan fingerprint density at radius 2 is 1.26 bits per heavy atom. The van der Waals surface area contributed by atoms with E-state index in [-0.39, 0.29) is 11.5 Å². The predicted octanol–water partition coefficient (Wildman–Crippen LogP) is 8.51. The Kier molecular flexibility index (Phi) is 4.46. The van der Waals surface area contributed by atoms with Crippen LogP contribution in [-0.4, -0.2) is 11.2 Å². The van der Waals surface area contributed by atoms with Gasteiger partial charge in [0.2, 0.25) is 0 Å². The summed E-state index contributed by atoms with van der Waals surface area (Å²) < 4.78 is 13.5. The minimum absolute atomic E-state index is 0.219. The lowest BCUT2D eigenvalue weighted by molar-refractivity contribution is 0.0686. The fourth-order valence-corrected chi connectivity index (χ4v) is 6.08. The van der Waals surface area contributed by atoms with E-state index in [4.69, 9.17) is 9.47 Å². The van der Waals surface area contributed by atoms with E-state index in [0.717, 1.165) is 17.9 Å². The summed E-state index contributed by atoms with van der Waals surface area (Å²) in [5.41, 5.74) is 5.64. The van der Waals surface area contributed by atoms with Crippen molar-refractivity contribution in [3.63, 3.8) is 0 Å². The summed E-state index contributed by atoms with van der Waals surface area (Å²) in [5.74, 6) is 2.24. The number of hydrogen-bond acceptors (Lipinski definition) is 2. The Balaban J connectivity index is 1.61. The van der Waals surface area contributed by atoms with Crippen molar-refractivity contribution in [3.8, 4) is 11.5 Å². The van der Waals surface area contributed by atoms with Gasteiger partial charge in [0.05, 0.1) is 0 Å². The fourth-order valence-electron chi connectivity index (χ4n) is 6.08.